The van der Waals surface area contributed by atoms with Crippen LogP contribution in [-0.4, -0.2) is 35.4 Å². The summed E-state index contributed by atoms with van der Waals surface area (Å²) in [5.74, 6) is 0.138. The SMILES string of the molecule is CCC(=O)OCCCc1cc(Cc2cc(CCCOC(=O)CC)cc(C(C)(C)CC)c2O)c(O)c(C(C)(C)CC)c1. The lowest BCUT2D eigenvalue weighted by Gasteiger charge is -2.28. The van der Waals surface area contributed by atoms with Gasteiger partial charge >= 0.3 is 11.9 Å². The Bertz CT molecular complexity index is 1090. The molecular weight excluding hydrogens is 516 g/mol. The Hall–Kier alpha value is -3.02. The highest BCUT2D eigenvalue weighted by Gasteiger charge is 2.27. The van der Waals surface area contributed by atoms with E-state index in [1.807, 2.05) is 12.1 Å². The third kappa shape index (κ3) is 9.51. The van der Waals surface area contributed by atoms with Crippen LogP contribution in [0.1, 0.15) is 127 Å². The summed E-state index contributed by atoms with van der Waals surface area (Å²) in [5.41, 5.74) is 5.00. The maximum atomic E-state index is 11.6. The van der Waals surface area contributed by atoms with E-state index in [0.717, 1.165) is 46.2 Å². The zero-order chi connectivity index (χ0) is 30.8. The highest BCUT2D eigenvalue weighted by atomic mass is 16.5. The fraction of sp³-hybridized carbons (Fsp3) is 0.600. The van der Waals surface area contributed by atoms with Crippen LogP contribution in [0.4, 0.5) is 0 Å². The minimum atomic E-state index is -0.237. The van der Waals surface area contributed by atoms with E-state index in [0.29, 0.717) is 58.2 Å². The van der Waals surface area contributed by atoms with Crippen molar-refractivity contribution in [2.24, 2.45) is 0 Å². The molecule has 0 aliphatic carbocycles. The van der Waals surface area contributed by atoms with E-state index < -0.39 is 0 Å². The van der Waals surface area contributed by atoms with Crippen LogP contribution >= 0.6 is 0 Å². The molecule has 0 bridgehead atoms. The Kier molecular flexibility index (Phi) is 12.7. The molecule has 41 heavy (non-hydrogen) atoms. The van der Waals surface area contributed by atoms with Gasteiger partial charge < -0.3 is 19.7 Å². The second-order valence-electron chi connectivity index (χ2n) is 12.3. The highest BCUT2D eigenvalue weighted by molar-refractivity contribution is 5.69. The van der Waals surface area contributed by atoms with Crippen molar-refractivity contribution >= 4 is 11.9 Å². The van der Waals surface area contributed by atoms with E-state index >= 15 is 0 Å². The first-order valence-electron chi connectivity index (χ1n) is 15.3. The van der Waals surface area contributed by atoms with Crippen molar-refractivity contribution in [1.29, 1.82) is 0 Å². The molecule has 0 atom stereocenters. The predicted octanol–water partition coefficient (Wildman–Crippen LogP) is 7.84. The molecule has 6 nitrogen and oxygen atoms in total. The summed E-state index contributed by atoms with van der Waals surface area (Å²) < 4.78 is 10.6. The van der Waals surface area contributed by atoms with Gasteiger partial charge in [-0.2, -0.15) is 0 Å². The van der Waals surface area contributed by atoms with Gasteiger partial charge in [-0.1, -0.05) is 79.7 Å². The van der Waals surface area contributed by atoms with Crippen LogP contribution in [0.5, 0.6) is 11.5 Å². The second kappa shape index (κ2) is 15.3. The van der Waals surface area contributed by atoms with Gasteiger partial charge in [-0.3, -0.25) is 9.59 Å². The standard InChI is InChI=1S/C35H52O6/c1-9-30(36)40-17-13-15-24-19-26(32(38)28(21-24)34(5,6)11-3)23-27-20-25(16-14-18-41-31(37)10-2)22-29(33(27)39)35(7,8)12-4/h19-22,38-39H,9-18,23H2,1-8H3. The topological polar surface area (TPSA) is 93.1 Å². The summed E-state index contributed by atoms with van der Waals surface area (Å²) >= 11 is 0. The number of hydrogen-bond acceptors (Lipinski definition) is 6. The number of phenolic OH excluding ortho intramolecular Hbond substituents is 2. The van der Waals surface area contributed by atoms with Gasteiger partial charge in [0.05, 0.1) is 13.2 Å². The average molecular weight is 569 g/mol. The first kappa shape index (κ1) is 34.2. The molecule has 2 aromatic rings. The van der Waals surface area contributed by atoms with Gasteiger partial charge in [-0.05, 0) is 71.6 Å². The lowest BCUT2D eigenvalue weighted by Crippen LogP contribution is -2.18. The number of hydrogen-bond donors (Lipinski definition) is 2. The molecule has 0 amide bonds. The van der Waals surface area contributed by atoms with Crippen LogP contribution < -0.4 is 0 Å². The summed E-state index contributed by atoms with van der Waals surface area (Å²) in [4.78, 5) is 23.1. The van der Waals surface area contributed by atoms with Gasteiger partial charge in [0.1, 0.15) is 11.5 Å². The molecule has 0 heterocycles. The van der Waals surface area contributed by atoms with Crippen LogP contribution in [-0.2, 0) is 49.2 Å². The monoisotopic (exact) mass is 568 g/mol. The van der Waals surface area contributed by atoms with Crippen molar-refractivity contribution in [3.05, 3.63) is 57.6 Å². The lowest BCUT2D eigenvalue weighted by atomic mass is 9.78. The Morgan fingerprint density at radius 1 is 0.659 bits per heavy atom. The van der Waals surface area contributed by atoms with Gasteiger partial charge in [0.15, 0.2) is 0 Å². The molecule has 0 radical (unpaired) electrons. The maximum absolute atomic E-state index is 11.6. The number of benzene rings is 2. The van der Waals surface area contributed by atoms with Crippen molar-refractivity contribution in [3.8, 4) is 11.5 Å². The van der Waals surface area contributed by atoms with Crippen LogP contribution in [0.15, 0.2) is 24.3 Å². The summed E-state index contributed by atoms with van der Waals surface area (Å²) in [6.45, 7) is 17.0. The van der Waals surface area contributed by atoms with Crippen molar-refractivity contribution in [2.75, 3.05) is 13.2 Å². The third-order valence-electron chi connectivity index (χ3n) is 8.43. The molecular formula is C35H52O6. The minimum Gasteiger partial charge on any atom is -0.507 e. The minimum absolute atomic E-state index is 0.200. The summed E-state index contributed by atoms with van der Waals surface area (Å²) in [5, 5.41) is 23.0. The Balaban J connectivity index is 2.49. The number of aromatic hydroxyl groups is 2. The maximum Gasteiger partial charge on any atom is 0.305 e. The highest BCUT2D eigenvalue weighted by Crippen LogP contribution is 2.41. The molecule has 0 unspecified atom stereocenters. The predicted molar refractivity (Wildman–Crippen MR) is 165 cm³/mol. The molecule has 0 spiro atoms. The number of carbonyl (C=O) groups excluding carboxylic acids is 2. The number of carbonyl (C=O) groups is 2. The molecule has 228 valence electrons. The molecule has 0 fully saturated rings. The van der Waals surface area contributed by atoms with Gasteiger partial charge in [-0.15, -0.1) is 0 Å². The molecule has 6 heteroatoms. The molecule has 2 N–H and O–H groups in total. The van der Waals surface area contributed by atoms with E-state index in [-0.39, 0.29) is 34.3 Å². The summed E-state index contributed by atoms with van der Waals surface area (Å²) in [6.07, 6.45) is 5.64. The fourth-order valence-electron chi connectivity index (χ4n) is 4.83. The summed E-state index contributed by atoms with van der Waals surface area (Å²) in [6, 6.07) is 8.19. The van der Waals surface area contributed by atoms with Gasteiger partial charge in [0.25, 0.3) is 0 Å². The second-order valence-corrected chi connectivity index (χ2v) is 12.3. The smallest absolute Gasteiger partial charge is 0.305 e. The first-order valence-corrected chi connectivity index (χ1v) is 15.3. The van der Waals surface area contributed by atoms with Gasteiger partial charge in [0.2, 0.25) is 0 Å². The van der Waals surface area contributed by atoms with Crippen molar-refractivity contribution in [3.63, 3.8) is 0 Å². The zero-order valence-electron chi connectivity index (χ0n) is 26.6. The van der Waals surface area contributed by atoms with Crippen LogP contribution in [0.3, 0.4) is 0 Å². The van der Waals surface area contributed by atoms with E-state index in [9.17, 15) is 19.8 Å². The molecule has 2 aromatic carbocycles. The van der Waals surface area contributed by atoms with E-state index in [4.69, 9.17) is 9.47 Å². The number of esters is 2. The molecule has 2 rings (SSSR count). The largest absolute Gasteiger partial charge is 0.507 e. The molecule has 0 aromatic heterocycles. The normalized spacial score (nSPS) is 11.9. The van der Waals surface area contributed by atoms with Crippen molar-refractivity contribution in [2.45, 2.75) is 124 Å². The number of ether oxygens (including phenoxy) is 2. The van der Waals surface area contributed by atoms with Gasteiger partial charge in [-0.25, -0.2) is 0 Å². The molecule has 0 saturated heterocycles. The molecule has 0 aliphatic heterocycles. The van der Waals surface area contributed by atoms with Crippen LogP contribution in [0.2, 0.25) is 0 Å². The third-order valence-corrected chi connectivity index (χ3v) is 8.43. The fourth-order valence-corrected chi connectivity index (χ4v) is 4.83. The number of rotatable bonds is 16. The van der Waals surface area contributed by atoms with E-state index in [1.165, 1.54) is 0 Å². The zero-order valence-corrected chi connectivity index (χ0v) is 26.6. The quantitative estimate of drug-likeness (QED) is 0.158. The summed E-state index contributed by atoms with van der Waals surface area (Å²) in [7, 11) is 0. The van der Waals surface area contributed by atoms with Crippen molar-refractivity contribution in [1.82, 2.24) is 0 Å². The Labute approximate surface area is 247 Å². The van der Waals surface area contributed by atoms with Crippen LogP contribution in [0, 0.1) is 0 Å². The van der Waals surface area contributed by atoms with E-state index in [1.54, 1.807) is 13.8 Å². The van der Waals surface area contributed by atoms with Crippen LogP contribution in [0.25, 0.3) is 0 Å². The van der Waals surface area contributed by atoms with Gasteiger partial charge in [0, 0.05) is 30.4 Å². The average Bonchev–Trinajstić information content (AvgIpc) is 2.95. The first-order chi connectivity index (χ1) is 19.3. The Morgan fingerprint density at radius 2 is 1.02 bits per heavy atom. The van der Waals surface area contributed by atoms with Crippen molar-refractivity contribution < 1.29 is 29.3 Å². The lowest BCUT2D eigenvalue weighted by molar-refractivity contribution is -0.144. The molecule has 0 saturated carbocycles. The molecule has 0 aliphatic rings. The number of aryl methyl sites for hydroxylation is 2. The van der Waals surface area contributed by atoms with E-state index in [2.05, 4.69) is 53.7 Å². The Morgan fingerprint density at radius 3 is 1.34 bits per heavy atom. The number of phenols is 2.